The highest BCUT2D eigenvalue weighted by molar-refractivity contribution is 6.10. The Bertz CT molecular complexity index is 1020. The number of carbonyl (C=O) groups is 1. The van der Waals surface area contributed by atoms with Crippen molar-refractivity contribution in [3.63, 3.8) is 0 Å². The van der Waals surface area contributed by atoms with E-state index in [1.807, 2.05) is 37.3 Å². The lowest BCUT2D eigenvalue weighted by Gasteiger charge is -2.15. The molecule has 2 N–H and O–H groups in total. The molecule has 6 nitrogen and oxygen atoms in total. The first-order valence-electron chi connectivity index (χ1n) is 8.97. The molecule has 1 aromatic heterocycles. The Kier molecular flexibility index (Phi) is 6.52. The van der Waals surface area contributed by atoms with Crippen LogP contribution in [0.3, 0.4) is 0 Å². The van der Waals surface area contributed by atoms with E-state index in [2.05, 4.69) is 20.6 Å². The average Bonchev–Trinajstić information content (AvgIpc) is 2.73. The molecule has 29 heavy (non-hydrogen) atoms. The Labute approximate surface area is 168 Å². The maximum absolute atomic E-state index is 14.0. The van der Waals surface area contributed by atoms with E-state index in [1.165, 1.54) is 18.2 Å². The third kappa shape index (κ3) is 5.38. The number of benzene rings is 2. The number of halogens is 1. The van der Waals surface area contributed by atoms with Gasteiger partial charge < -0.3 is 10.1 Å². The summed E-state index contributed by atoms with van der Waals surface area (Å²) in [5.74, 6) is -0.436. The van der Waals surface area contributed by atoms with E-state index in [0.29, 0.717) is 18.0 Å². The van der Waals surface area contributed by atoms with Crippen molar-refractivity contribution >= 4 is 17.6 Å². The van der Waals surface area contributed by atoms with Gasteiger partial charge in [0, 0.05) is 12.4 Å². The quantitative estimate of drug-likeness (QED) is 0.509. The Balaban J connectivity index is 1.88. The number of methoxy groups -OCH3 is 1. The second kappa shape index (κ2) is 9.45. The van der Waals surface area contributed by atoms with Gasteiger partial charge in [0.05, 0.1) is 24.9 Å². The lowest BCUT2D eigenvalue weighted by Crippen LogP contribution is -2.36. The van der Waals surface area contributed by atoms with E-state index in [1.54, 1.807) is 25.6 Å². The molecular formula is C22H21FN4O2. The van der Waals surface area contributed by atoms with Gasteiger partial charge in [0.15, 0.2) is 0 Å². The number of nitrogens with zero attached hydrogens (tertiary/aromatic N) is 2. The first-order chi connectivity index (χ1) is 14.1. The molecule has 0 saturated carbocycles. The largest absolute Gasteiger partial charge is 0.495 e. The van der Waals surface area contributed by atoms with Crippen LogP contribution in [-0.2, 0) is 6.54 Å². The van der Waals surface area contributed by atoms with Crippen LogP contribution in [0.25, 0.3) is 0 Å². The Morgan fingerprint density at radius 1 is 1.14 bits per heavy atom. The predicted octanol–water partition coefficient (Wildman–Crippen LogP) is 3.94. The number of hydrogen-bond acceptors (Lipinski definition) is 4. The summed E-state index contributed by atoms with van der Waals surface area (Å²) in [7, 11) is 1.56. The number of nitrogens with one attached hydrogen (secondary N) is 2. The number of carbonyl (C=O) groups excluding carboxylic acids is 1. The van der Waals surface area contributed by atoms with Crippen molar-refractivity contribution in [2.24, 2.45) is 4.99 Å². The summed E-state index contributed by atoms with van der Waals surface area (Å²) in [5, 5.41) is 5.74. The molecule has 3 aromatic rings. The molecule has 0 aliphatic heterocycles. The zero-order valence-electron chi connectivity index (χ0n) is 16.1. The third-order valence-electron chi connectivity index (χ3n) is 4.13. The summed E-state index contributed by atoms with van der Waals surface area (Å²) < 4.78 is 19.4. The summed E-state index contributed by atoms with van der Waals surface area (Å²) in [5.41, 5.74) is 2.48. The molecule has 0 saturated heterocycles. The minimum absolute atomic E-state index is 0.0675. The lowest BCUT2D eigenvalue weighted by molar-refractivity contribution is 0.0973. The number of aliphatic imine (C=N–C) groups is 1. The molecule has 148 valence electrons. The average molecular weight is 392 g/mol. The molecule has 0 spiro atoms. The van der Waals surface area contributed by atoms with Crippen LogP contribution < -0.4 is 15.4 Å². The smallest absolute Gasteiger partial charge is 0.260 e. The SMILES string of the molecule is COc1ccc(C)cc1NC(=NCc1ccncc1)NC(=O)c1ccccc1F. The molecule has 2 aromatic carbocycles. The summed E-state index contributed by atoms with van der Waals surface area (Å²) in [6.07, 6.45) is 3.33. The monoisotopic (exact) mass is 392 g/mol. The van der Waals surface area contributed by atoms with Crippen molar-refractivity contribution < 1.29 is 13.9 Å². The van der Waals surface area contributed by atoms with E-state index in [-0.39, 0.29) is 11.5 Å². The van der Waals surface area contributed by atoms with Crippen LogP contribution in [0.1, 0.15) is 21.5 Å². The standard InChI is InChI=1S/C22H21FN4O2/c1-15-7-8-20(29-2)19(13-15)26-22(25-14-16-9-11-24-12-10-16)27-21(28)17-5-3-4-6-18(17)23/h3-13H,14H2,1-2H3,(H2,25,26,27,28). The third-order valence-corrected chi connectivity index (χ3v) is 4.13. The first kappa shape index (κ1) is 20.0. The normalized spacial score (nSPS) is 11.1. The summed E-state index contributed by atoms with van der Waals surface area (Å²) in [6.45, 7) is 2.24. The van der Waals surface area contributed by atoms with E-state index < -0.39 is 11.7 Å². The van der Waals surface area contributed by atoms with Gasteiger partial charge in [0.2, 0.25) is 5.96 Å². The number of hydrogen-bond donors (Lipinski definition) is 2. The summed E-state index contributed by atoms with van der Waals surface area (Å²) in [6, 6.07) is 15.0. The van der Waals surface area contributed by atoms with Crippen LogP contribution in [0.4, 0.5) is 10.1 Å². The van der Waals surface area contributed by atoms with Gasteiger partial charge in [-0.15, -0.1) is 0 Å². The minimum atomic E-state index is -0.605. The van der Waals surface area contributed by atoms with Gasteiger partial charge in [-0.3, -0.25) is 15.1 Å². The highest BCUT2D eigenvalue weighted by Crippen LogP contribution is 2.25. The second-order valence-electron chi connectivity index (χ2n) is 6.28. The van der Waals surface area contributed by atoms with Gasteiger partial charge in [0.25, 0.3) is 5.91 Å². The molecule has 7 heteroatoms. The highest BCUT2D eigenvalue weighted by atomic mass is 19.1. The molecule has 0 aliphatic rings. The van der Waals surface area contributed by atoms with Crippen LogP contribution in [0.15, 0.2) is 72.0 Å². The van der Waals surface area contributed by atoms with Gasteiger partial charge in [-0.1, -0.05) is 18.2 Å². The van der Waals surface area contributed by atoms with Crippen LogP contribution in [0.2, 0.25) is 0 Å². The van der Waals surface area contributed by atoms with Gasteiger partial charge in [-0.05, 0) is 54.4 Å². The number of pyridine rings is 1. The first-order valence-corrected chi connectivity index (χ1v) is 8.97. The Morgan fingerprint density at radius 2 is 1.90 bits per heavy atom. The maximum atomic E-state index is 14.0. The van der Waals surface area contributed by atoms with Gasteiger partial charge in [-0.25, -0.2) is 9.38 Å². The van der Waals surface area contributed by atoms with Crippen LogP contribution >= 0.6 is 0 Å². The van der Waals surface area contributed by atoms with Gasteiger partial charge >= 0.3 is 0 Å². The summed E-state index contributed by atoms with van der Waals surface area (Å²) >= 11 is 0. The summed E-state index contributed by atoms with van der Waals surface area (Å²) in [4.78, 5) is 21.0. The fourth-order valence-electron chi connectivity index (χ4n) is 2.64. The number of anilines is 1. The molecule has 0 fully saturated rings. The Hall–Kier alpha value is -3.74. The van der Waals surface area contributed by atoms with Crippen LogP contribution in [0, 0.1) is 12.7 Å². The van der Waals surface area contributed by atoms with Gasteiger partial charge in [0.1, 0.15) is 11.6 Å². The van der Waals surface area contributed by atoms with E-state index in [0.717, 1.165) is 11.1 Å². The molecule has 1 heterocycles. The van der Waals surface area contributed by atoms with Crippen molar-refractivity contribution in [2.75, 3.05) is 12.4 Å². The Morgan fingerprint density at radius 3 is 2.62 bits per heavy atom. The molecule has 0 unspecified atom stereocenters. The number of ether oxygens (including phenoxy) is 1. The highest BCUT2D eigenvalue weighted by Gasteiger charge is 2.14. The molecule has 1 amide bonds. The van der Waals surface area contributed by atoms with Crippen molar-refractivity contribution in [2.45, 2.75) is 13.5 Å². The van der Waals surface area contributed by atoms with Gasteiger partial charge in [-0.2, -0.15) is 0 Å². The van der Waals surface area contributed by atoms with E-state index in [9.17, 15) is 9.18 Å². The van der Waals surface area contributed by atoms with Crippen molar-refractivity contribution in [1.82, 2.24) is 10.3 Å². The minimum Gasteiger partial charge on any atom is -0.495 e. The number of aromatic nitrogens is 1. The van der Waals surface area contributed by atoms with E-state index >= 15 is 0 Å². The van der Waals surface area contributed by atoms with Crippen molar-refractivity contribution in [1.29, 1.82) is 0 Å². The van der Waals surface area contributed by atoms with E-state index in [4.69, 9.17) is 4.74 Å². The second-order valence-corrected chi connectivity index (χ2v) is 6.28. The fourth-order valence-corrected chi connectivity index (χ4v) is 2.64. The topological polar surface area (TPSA) is 75.6 Å². The fraction of sp³-hybridized carbons (Fsp3) is 0.136. The predicted molar refractivity (Wildman–Crippen MR) is 111 cm³/mol. The molecule has 0 aliphatic carbocycles. The molecule has 0 atom stereocenters. The maximum Gasteiger partial charge on any atom is 0.260 e. The molecule has 3 rings (SSSR count). The van der Waals surface area contributed by atoms with Crippen molar-refractivity contribution in [3.8, 4) is 5.75 Å². The zero-order valence-corrected chi connectivity index (χ0v) is 16.1. The molecule has 0 radical (unpaired) electrons. The van der Waals surface area contributed by atoms with Crippen molar-refractivity contribution in [3.05, 3.63) is 89.5 Å². The number of amides is 1. The lowest BCUT2D eigenvalue weighted by atomic mass is 10.2. The zero-order chi connectivity index (χ0) is 20.6. The number of rotatable bonds is 5. The molecule has 0 bridgehead atoms. The number of guanidine groups is 1. The van der Waals surface area contributed by atoms with Crippen LogP contribution in [-0.4, -0.2) is 24.0 Å². The molecular weight excluding hydrogens is 371 g/mol. The van der Waals surface area contributed by atoms with Crippen LogP contribution in [0.5, 0.6) is 5.75 Å². The number of aryl methyl sites for hydroxylation is 1.